The topological polar surface area (TPSA) is 55.5 Å². The summed E-state index contributed by atoms with van der Waals surface area (Å²) in [6.07, 6.45) is 1.43. The molecule has 51 heavy (non-hydrogen) atoms. The Bertz CT molecular complexity index is 1330. The Morgan fingerprint density at radius 3 is 1.90 bits per heavy atom. The van der Waals surface area contributed by atoms with Crippen LogP contribution >= 0.6 is 0 Å². The van der Waals surface area contributed by atoms with Gasteiger partial charge in [-0.05, 0) is 61.5 Å². The number of rotatable bonds is 9. The van der Waals surface area contributed by atoms with Crippen LogP contribution in [0.3, 0.4) is 0 Å². The quantitative estimate of drug-likeness (QED) is 0.151. The van der Waals surface area contributed by atoms with E-state index < -0.39 is 17.6 Å². The van der Waals surface area contributed by atoms with Crippen LogP contribution in [0, 0.1) is 5.82 Å². The number of halogens is 4. The normalized spacial score (nSPS) is 12.2. The fraction of sp³-hybridized carbons (Fsp3) is 0.488. The zero-order valence-electron chi connectivity index (χ0n) is 33.2. The number of piperazine rings is 1. The molecule has 3 N–H and O–H groups in total. The van der Waals surface area contributed by atoms with E-state index in [9.17, 15) is 17.6 Å². The molecule has 4 rings (SSSR count). The first-order chi connectivity index (χ1) is 24.4. The molecular weight excluding hydrogens is 652 g/mol. The van der Waals surface area contributed by atoms with Gasteiger partial charge in [-0.1, -0.05) is 93.0 Å². The van der Waals surface area contributed by atoms with Crippen LogP contribution in [0.2, 0.25) is 0 Å². The first-order valence-electron chi connectivity index (χ1n) is 18.2. The van der Waals surface area contributed by atoms with E-state index >= 15 is 0 Å². The summed E-state index contributed by atoms with van der Waals surface area (Å²) in [5.41, 5.74) is 1.97. The Kier molecular flexibility index (Phi) is 27.8. The minimum atomic E-state index is -4.48. The van der Waals surface area contributed by atoms with E-state index in [0.717, 1.165) is 37.8 Å². The molecule has 0 spiro atoms. The molecule has 6 nitrogen and oxygen atoms in total. The molecule has 0 radical (unpaired) electrons. The molecule has 288 valence electrons. The van der Waals surface area contributed by atoms with Crippen LogP contribution in [0.4, 0.5) is 34.8 Å². The Balaban J connectivity index is 0. The predicted molar refractivity (Wildman–Crippen MR) is 215 cm³/mol. The van der Waals surface area contributed by atoms with Gasteiger partial charge in [0.2, 0.25) is 0 Å². The van der Waals surface area contributed by atoms with Gasteiger partial charge in [-0.25, -0.2) is 9.37 Å². The number of aromatic nitrogens is 1. The minimum absolute atomic E-state index is 0.124. The number of alkyl halides is 3. The van der Waals surface area contributed by atoms with E-state index in [-0.39, 0.29) is 30.0 Å². The number of hydrogen-bond donors (Lipinski definition) is 3. The van der Waals surface area contributed by atoms with E-state index in [4.69, 9.17) is 0 Å². The first-order valence-corrected chi connectivity index (χ1v) is 18.2. The molecule has 1 fully saturated rings. The minimum Gasteiger partial charge on any atom is -0.377 e. The molecule has 0 amide bonds. The first kappa shape index (κ1) is 49.2. The van der Waals surface area contributed by atoms with Gasteiger partial charge in [0.25, 0.3) is 0 Å². The summed E-state index contributed by atoms with van der Waals surface area (Å²) in [5.74, 6) is 0.256. The maximum atomic E-state index is 14.7. The summed E-state index contributed by atoms with van der Waals surface area (Å²) in [4.78, 5) is 8.44. The molecule has 10 heteroatoms. The fourth-order valence-corrected chi connectivity index (χ4v) is 4.30. The molecule has 0 saturated carbocycles. The van der Waals surface area contributed by atoms with Crippen molar-refractivity contribution in [1.82, 2.24) is 14.8 Å². The molecule has 1 aliphatic rings. The van der Waals surface area contributed by atoms with Gasteiger partial charge in [0, 0.05) is 62.9 Å². The van der Waals surface area contributed by atoms with Crippen molar-refractivity contribution in [1.29, 1.82) is 0 Å². The van der Waals surface area contributed by atoms with Crippen molar-refractivity contribution in [3.8, 4) is 11.1 Å². The molecule has 2 aromatic carbocycles. The van der Waals surface area contributed by atoms with Crippen LogP contribution in [0.15, 0.2) is 79.7 Å². The highest BCUT2D eigenvalue weighted by Crippen LogP contribution is 2.35. The number of anilines is 3. The lowest BCUT2D eigenvalue weighted by Gasteiger charge is -2.33. The van der Waals surface area contributed by atoms with Crippen LogP contribution in [-0.4, -0.2) is 61.6 Å². The Hall–Kier alpha value is -3.89. The lowest BCUT2D eigenvalue weighted by Crippen LogP contribution is -2.44. The summed E-state index contributed by atoms with van der Waals surface area (Å²) in [7, 11) is 3.77. The zero-order valence-corrected chi connectivity index (χ0v) is 33.2. The van der Waals surface area contributed by atoms with Gasteiger partial charge in [0.1, 0.15) is 11.6 Å². The van der Waals surface area contributed by atoms with Crippen LogP contribution in [0.5, 0.6) is 0 Å². The number of pyridine rings is 1. The summed E-state index contributed by atoms with van der Waals surface area (Å²) < 4.78 is 56.3. The van der Waals surface area contributed by atoms with Gasteiger partial charge in [-0.15, -0.1) is 6.58 Å². The Labute approximate surface area is 307 Å². The molecule has 1 aromatic heterocycles. The summed E-state index contributed by atoms with van der Waals surface area (Å²) in [6, 6.07) is 12.7. The predicted octanol–water partition coefficient (Wildman–Crippen LogP) is 11.8. The third-order valence-electron chi connectivity index (χ3n) is 6.54. The van der Waals surface area contributed by atoms with Crippen LogP contribution in [0.25, 0.3) is 11.1 Å². The van der Waals surface area contributed by atoms with Crippen molar-refractivity contribution < 1.29 is 17.6 Å². The van der Waals surface area contributed by atoms with Gasteiger partial charge in [0.15, 0.2) is 0 Å². The molecule has 1 saturated heterocycles. The standard InChI is InChI=1S/C28H32F4N6.2C3H8.C3H6.2C2H6/c1-19(16-34-26-8-5-20(14-25(26)29)21-6-9-27(33-2)35-17-21)36-23-7-4-22(24(15-23)28(30,31)32)18-38-12-10-37(3)11-13-38;3*1-3-2;2*1-2/h4-9,14-15,17,34,36H,1,10-13,16,18H2,2-3H3,(H,33,35);2*3H2,1-2H3;3H,1H2,2H3;2*1-2H3. The average Bonchev–Trinajstić information content (AvgIpc) is 3.12. The van der Waals surface area contributed by atoms with Gasteiger partial charge >= 0.3 is 6.18 Å². The second-order valence-corrected chi connectivity index (χ2v) is 11.2. The highest BCUT2D eigenvalue weighted by Gasteiger charge is 2.34. The van der Waals surface area contributed by atoms with Crippen molar-refractivity contribution in [3.63, 3.8) is 0 Å². The Morgan fingerprint density at radius 2 is 1.43 bits per heavy atom. The average molecular weight is 719 g/mol. The highest BCUT2D eigenvalue weighted by atomic mass is 19.4. The van der Waals surface area contributed by atoms with Crippen molar-refractivity contribution >= 4 is 17.2 Å². The molecule has 0 bridgehead atoms. The largest absolute Gasteiger partial charge is 0.416 e. The van der Waals surface area contributed by atoms with Crippen molar-refractivity contribution in [3.05, 3.63) is 96.6 Å². The second kappa shape index (κ2) is 28.8. The zero-order chi connectivity index (χ0) is 39.4. The van der Waals surface area contributed by atoms with Gasteiger partial charge in [-0.2, -0.15) is 13.2 Å². The number of hydrogen-bond acceptors (Lipinski definition) is 6. The fourth-order valence-electron chi connectivity index (χ4n) is 4.30. The van der Waals surface area contributed by atoms with Gasteiger partial charge in [0.05, 0.1) is 17.8 Å². The number of nitrogens with zero attached hydrogens (tertiary/aromatic N) is 3. The van der Waals surface area contributed by atoms with Crippen molar-refractivity contribution in [2.45, 2.75) is 87.9 Å². The maximum Gasteiger partial charge on any atom is 0.416 e. The number of allylic oxidation sites excluding steroid dienone is 1. The monoisotopic (exact) mass is 719 g/mol. The molecule has 0 atom stereocenters. The number of likely N-dealkylation sites (N-methyl/N-ethyl adjacent to an activating group) is 1. The van der Waals surface area contributed by atoms with Crippen LogP contribution in [0.1, 0.15) is 86.3 Å². The van der Waals surface area contributed by atoms with E-state index in [1.807, 2.05) is 52.6 Å². The highest BCUT2D eigenvalue weighted by molar-refractivity contribution is 5.67. The molecule has 3 aromatic rings. The molecule has 1 aliphatic heterocycles. The second-order valence-electron chi connectivity index (χ2n) is 11.2. The third-order valence-corrected chi connectivity index (χ3v) is 6.54. The smallest absolute Gasteiger partial charge is 0.377 e. The summed E-state index contributed by atoms with van der Waals surface area (Å²) >= 11 is 0. The summed E-state index contributed by atoms with van der Waals surface area (Å²) in [6.45, 7) is 29.1. The van der Waals surface area contributed by atoms with Crippen molar-refractivity contribution in [2.75, 3.05) is 62.8 Å². The lowest BCUT2D eigenvalue weighted by molar-refractivity contribution is -0.138. The van der Waals surface area contributed by atoms with Crippen LogP contribution < -0.4 is 16.0 Å². The molecule has 0 aliphatic carbocycles. The van der Waals surface area contributed by atoms with Gasteiger partial charge < -0.3 is 20.9 Å². The SMILES string of the molecule is C=C(CNc1ccc(-c2ccc(NC)nc2)cc1F)Nc1ccc(CN2CCN(C)CC2)c(C(F)(F)F)c1.C=CC.CC.CC.CCC.CCC. The van der Waals surface area contributed by atoms with E-state index in [0.29, 0.717) is 17.1 Å². The molecule has 0 unspecified atom stereocenters. The number of nitrogens with one attached hydrogen (secondary N) is 3. The van der Waals surface area contributed by atoms with E-state index in [1.54, 1.807) is 43.6 Å². The van der Waals surface area contributed by atoms with Crippen molar-refractivity contribution in [2.24, 2.45) is 0 Å². The maximum absolute atomic E-state index is 14.7. The summed E-state index contributed by atoms with van der Waals surface area (Å²) in [5, 5.41) is 8.80. The molecular formula is C41H66F4N6. The van der Waals surface area contributed by atoms with Crippen LogP contribution in [-0.2, 0) is 12.7 Å². The lowest BCUT2D eigenvalue weighted by atomic mass is 10.0. The van der Waals surface area contributed by atoms with E-state index in [1.165, 1.54) is 25.0 Å². The Morgan fingerprint density at radius 1 is 0.882 bits per heavy atom. The van der Waals surface area contributed by atoms with E-state index in [2.05, 4.69) is 66.7 Å². The molecule has 2 heterocycles. The number of benzene rings is 2. The third kappa shape index (κ3) is 19.9. The van der Waals surface area contributed by atoms with Gasteiger partial charge in [-0.3, -0.25) is 4.90 Å².